The Bertz CT molecular complexity index is 1040. The van der Waals surface area contributed by atoms with Crippen molar-refractivity contribution in [3.05, 3.63) is 59.5 Å². The minimum atomic E-state index is -0.531. The standard InChI is InChI=1S/C21H17FN2O2/c1-12-6-17(11-25)19(22)9-18(12)15-5-4-14-8-20(23-10-16(14)7-15)24-21(26)13-2-3-13/h4-11,13H,2-3H2,1H3,(H,23,24,26). The Hall–Kier alpha value is -3.08. The van der Waals surface area contributed by atoms with E-state index in [-0.39, 0.29) is 17.4 Å². The summed E-state index contributed by atoms with van der Waals surface area (Å²) in [5.41, 5.74) is 2.47. The smallest absolute Gasteiger partial charge is 0.228 e. The number of benzene rings is 2. The summed E-state index contributed by atoms with van der Waals surface area (Å²) < 4.78 is 14.0. The number of nitrogens with zero attached hydrogens (tertiary/aromatic N) is 1. The number of hydrogen-bond donors (Lipinski definition) is 1. The van der Waals surface area contributed by atoms with Crippen molar-refractivity contribution in [1.82, 2.24) is 4.98 Å². The number of aryl methyl sites for hydroxylation is 1. The van der Waals surface area contributed by atoms with Crippen LogP contribution in [0.2, 0.25) is 0 Å². The highest BCUT2D eigenvalue weighted by Crippen LogP contribution is 2.31. The number of pyridine rings is 1. The first-order chi connectivity index (χ1) is 12.5. The third-order valence-electron chi connectivity index (χ3n) is 4.70. The first kappa shape index (κ1) is 16.4. The molecule has 0 spiro atoms. The Morgan fingerprint density at radius 3 is 2.73 bits per heavy atom. The number of halogens is 1. The van der Waals surface area contributed by atoms with E-state index in [1.807, 2.05) is 31.2 Å². The third-order valence-corrected chi connectivity index (χ3v) is 4.70. The van der Waals surface area contributed by atoms with Gasteiger partial charge in [-0.1, -0.05) is 12.1 Å². The molecule has 0 bridgehead atoms. The molecule has 0 atom stereocenters. The van der Waals surface area contributed by atoms with E-state index in [1.54, 1.807) is 12.3 Å². The molecule has 1 heterocycles. The van der Waals surface area contributed by atoms with Crippen molar-refractivity contribution in [1.29, 1.82) is 0 Å². The van der Waals surface area contributed by atoms with Crippen LogP contribution in [0.5, 0.6) is 0 Å². The highest BCUT2D eigenvalue weighted by Gasteiger charge is 2.29. The molecule has 1 aliphatic carbocycles. The molecule has 0 saturated heterocycles. The molecule has 4 nitrogen and oxygen atoms in total. The molecule has 0 unspecified atom stereocenters. The second kappa shape index (κ2) is 6.33. The fourth-order valence-electron chi connectivity index (χ4n) is 3.06. The summed E-state index contributed by atoms with van der Waals surface area (Å²) in [6.45, 7) is 1.85. The maximum Gasteiger partial charge on any atom is 0.228 e. The maximum absolute atomic E-state index is 14.0. The van der Waals surface area contributed by atoms with Gasteiger partial charge in [0.15, 0.2) is 6.29 Å². The lowest BCUT2D eigenvalue weighted by molar-refractivity contribution is -0.117. The van der Waals surface area contributed by atoms with Gasteiger partial charge in [-0.25, -0.2) is 9.37 Å². The monoisotopic (exact) mass is 348 g/mol. The molecule has 1 N–H and O–H groups in total. The van der Waals surface area contributed by atoms with Gasteiger partial charge in [0.25, 0.3) is 0 Å². The van der Waals surface area contributed by atoms with Crippen molar-refractivity contribution in [3.63, 3.8) is 0 Å². The second-order valence-corrected chi connectivity index (χ2v) is 6.70. The van der Waals surface area contributed by atoms with Crippen molar-refractivity contribution in [2.75, 3.05) is 5.32 Å². The topological polar surface area (TPSA) is 59.1 Å². The molecule has 5 heteroatoms. The molecule has 0 aliphatic heterocycles. The number of amides is 1. The number of aldehydes is 1. The summed E-state index contributed by atoms with van der Waals surface area (Å²) in [5, 5.41) is 4.68. The van der Waals surface area contributed by atoms with Crippen LogP contribution >= 0.6 is 0 Å². The van der Waals surface area contributed by atoms with Gasteiger partial charge in [0.2, 0.25) is 5.91 Å². The van der Waals surface area contributed by atoms with Crippen LogP contribution in [-0.4, -0.2) is 17.2 Å². The van der Waals surface area contributed by atoms with Crippen LogP contribution in [0.15, 0.2) is 42.6 Å². The molecule has 1 fully saturated rings. The van der Waals surface area contributed by atoms with E-state index in [9.17, 15) is 14.0 Å². The van der Waals surface area contributed by atoms with E-state index in [4.69, 9.17) is 0 Å². The summed E-state index contributed by atoms with van der Waals surface area (Å²) in [7, 11) is 0. The third kappa shape index (κ3) is 3.08. The van der Waals surface area contributed by atoms with Crippen LogP contribution in [0.3, 0.4) is 0 Å². The molecular weight excluding hydrogens is 331 g/mol. The van der Waals surface area contributed by atoms with Crippen molar-refractivity contribution in [2.24, 2.45) is 5.92 Å². The number of fused-ring (bicyclic) bond motifs is 1. The molecular formula is C21H17FN2O2. The van der Waals surface area contributed by atoms with Gasteiger partial charge in [-0.05, 0) is 66.1 Å². The number of hydrogen-bond acceptors (Lipinski definition) is 3. The van der Waals surface area contributed by atoms with Crippen LogP contribution in [0.25, 0.3) is 21.9 Å². The van der Waals surface area contributed by atoms with Gasteiger partial charge in [0.1, 0.15) is 11.6 Å². The van der Waals surface area contributed by atoms with E-state index < -0.39 is 5.82 Å². The summed E-state index contributed by atoms with van der Waals surface area (Å²) >= 11 is 0. The fourth-order valence-corrected chi connectivity index (χ4v) is 3.06. The number of nitrogens with one attached hydrogen (secondary N) is 1. The van der Waals surface area contributed by atoms with Gasteiger partial charge in [0, 0.05) is 17.5 Å². The van der Waals surface area contributed by atoms with Crippen LogP contribution in [0.4, 0.5) is 10.2 Å². The highest BCUT2D eigenvalue weighted by atomic mass is 19.1. The lowest BCUT2D eigenvalue weighted by Crippen LogP contribution is -2.14. The first-order valence-corrected chi connectivity index (χ1v) is 8.51. The number of carbonyl (C=O) groups is 2. The SMILES string of the molecule is Cc1cc(C=O)c(F)cc1-c1ccc2cc(NC(=O)C3CC3)ncc2c1. The molecule has 3 aromatic rings. The minimum absolute atomic E-state index is 0.0230. The van der Waals surface area contributed by atoms with Crippen molar-refractivity contribution in [3.8, 4) is 11.1 Å². The molecule has 0 radical (unpaired) electrons. The first-order valence-electron chi connectivity index (χ1n) is 8.51. The van der Waals surface area contributed by atoms with Gasteiger partial charge >= 0.3 is 0 Å². The number of carbonyl (C=O) groups excluding carboxylic acids is 2. The lowest BCUT2D eigenvalue weighted by atomic mass is 9.96. The Kier molecular flexibility index (Phi) is 3.99. The Morgan fingerprint density at radius 2 is 2.00 bits per heavy atom. The molecule has 1 aliphatic rings. The van der Waals surface area contributed by atoms with Crippen molar-refractivity contribution >= 4 is 28.8 Å². The van der Waals surface area contributed by atoms with Gasteiger partial charge < -0.3 is 5.32 Å². The zero-order valence-corrected chi connectivity index (χ0v) is 14.3. The Labute approximate surface area is 150 Å². The summed E-state index contributed by atoms with van der Waals surface area (Å²) in [4.78, 5) is 27.0. The molecule has 1 aromatic heterocycles. The van der Waals surface area contributed by atoms with Crippen molar-refractivity contribution < 1.29 is 14.0 Å². The number of aromatic nitrogens is 1. The van der Waals surface area contributed by atoms with Crippen molar-refractivity contribution in [2.45, 2.75) is 19.8 Å². The summed E-state index contributed by atoms with van der Waals surface area (Å²) in [6, 6.07) is 10.5. The Balaban J connectivity index is 1.68. The average molecular weight is 348 g/mol. The Morgan fingerprint density at radius 1 is 1.19 bits per heavy atom. The van der Waals surface area contributed by atoms with Gasteiger partial charge in [-0.3, -0.25) is 9.59 Å². The zero-order valence-electron chi connectivity index (χ0n) is 14.3. The normalized spacial score (nSPS) is 13.6. The van der Waals surface area contributed by atoms with E-state index in [0.717, 1.165) is 40.3 Å². The summed E-state index contributed by atoms with van der Waals surface area (Å²) in [6.07, 6.45) is 4.11. The average Bonchev–Trinajstić information content (AvgIpc) is 3.48. The maximum atomic E-state index is 14.0. The highest BCUT2D eigenvalue weighted by molar-refractivity contribution is 5.96. The number of anilines is 1. The predicted octanol–water partition coefficient (Wildman–Crippen LogP) is 4.51. The molecule has 2 aromatic carbocycles. The van der Waals surface area contributed by atoms with Crippen LogP contribution in [0.1, 0.15) is 28.8 Å². The van der Waals surface area contributed by atoms with E-state index in [2.05, 4.69) is 10.3 Å². The van der Waals surface area contributed by atoms with E-state index >= 15 is 0 Å². The molecule has 4 rings (SSSR count). The molecule has 1 amide bonds. The summed E-state index contributed by atoms with van der Waals surface area (Å²) in [5.74, 6) is 0.161. The fraction of sp³-hybridized carbons (Fsp3) is 0.190. The molecule has 1 saturated carbocycles. The lowest BCUT2D eigenvalue weighted by Gasteiger charge is -2.10. The largest absolute Gasteiger partial charge is 0.310 e. The van der Waals surface area contributed by atoms with Gasteiger partial charge in [0.05, 0.1) is 5.56 Å². The van der Waals surface area contributed by atoms with Crippen LogP contribution in [0, 0.1) is 18.7 Å². The zero-order chi connectivity index (χ0) is 18.3. The van der Waals surface area contributed by atoms with Gasteiger partial charge in [-0.15, -0.1) is 0 Å². The van der Waals surface area contributed by atoms with Crippen LogP contribution < -0.4 is 5.32 Å². The molecule has 26 heavy (non-hydrogen) atoms. The second-order valence-electron chi connectivity index (χ2n) is 6.70. The quantitative estimate of drug-likeness (QED) is 0.706. The van der Waals surface area contributed by atoms with E-state index in [1.165, 1.54) is 6.07 Å². The minimum Gasteiger partial charge on any atom is -0.310 e. The predicted molar refractivity (Wildman–Crippen MR) is 98.6 cm³/mol. The van der Waals surface area contributed by atoms with Crippen LogP contribution in [-0.2, 0) is 4.79 Å². The van der Waals surface area contributed by atoms with E-state index in [0.29, 0.717) is 12.1 Å². The molecule has 130 valence electrons. The van der Waals surface area contributed by atoms with Gasteiger partial charge in [-0.2, -0.15) is 0 Å². The number of rotatable bonds is 4.